The number of esters is 2. The Morgan fingerprint density at radius 2 is 0.623 bits per heavy atom. The Balaban J connectivity index is 3.73. The Bertz CT molecular complexity index is 1590. The summed E-state index contributed by atoms with van der Waals surface area (Å²) in [5.74, 6) is -0.672. The Labute approximate surface area is 423 Å². The zero-order chi connectivity index (χ0) is 49.9. The average molecular weight is 947 g/mol. The van der Waals surface area contributed by atoms with Crippen LogP contribution < -0.4 is 0 Å². The minimum Gasteiger partial charge on any atom is -0.462 e. The standard InChI is InChI=1S/C64H98O5/c1-3-5-7-9-11-13-15-17-19-21-22-23-24-25-26-27-28-29-30-31-32-33-34-35-36-37-38-39-40-41-42-43-45-47-49-51-53-55-57-59-64(67)69-62(60-65)61-68-63(66)58-56-54-52-50-48-46-44-20-18-16-14-12-10-8-6-4-2/h5,7,11,13-14,16-17,19-20,22-23,25-26,28-29,31-32,34-35,37-38,40-41,43-45,49,51,62,65H,3-4,6,8-10,12,15,18,21,24,27,30,33,36,39,42,46-48,50,52-61H2,1-2H3/b7-5-,13-11-,16-14-,19-17-,23-22-,26-25-,29-28-,32-31-,35-34-,38-37-,41-40-,44-20-,45-43-,51-49-. The Morgan fingerprint density at radius 3 is 0.971 bits per heavy atom. The summed E-state index contributed by atoms with van der Waals surface area (Å²) in [5, 5.41) is 9.61. The maximum atomic E-state index is 12.3. The van der Waals surface area contributed by atoms with Crippen molar-refractivity contribution in [2.75, 3.05) is 13.2 Å². The van der Waals surface area contributed by atoms with Gasteiger partial charge in [-0.3, -0.25) is 9.59 Å². The lowest BCUT2D eigenvalue weighted by Crippen LogP contribution is -2.28. The third kappa shape index (κ3) is 55.7. The van der Waals surface area contributed by atoms with Gasteiger partial charge in [-0.15, -0.1) is 0 Å². The molecule has 0 radical (unpaired) electrons. The van der Waals surface area contributed by atoms with Gasteiger partial charge < -0.3 is 14.6 Å². The fourth-order valence-electron chi connectivity index (χ4n) is 6.68. The summed E-state index contributed by atoms with van der Waals surface area (Å²) in [7, 11) is 0. The van der Waals surface area contributed by atoms with Gasteiger partial charge in [0.2, 0.25) is 0 Å². The van der Waals surface area contributed by atoms with Crippen LogP contribution in [0.4, 0.5) is 0 Å². The molecule has 0 aliphatic heterocycles. The minimum absolute atomic E-state index is 0.102. The highest BCUT2D eigenvalue weighted by molar-refractivity contribution is 5.70. The molecule has 69 heavy (non-hydrogen) atoms. The number of hydrogen-bond acceptors (Lipinski definition) is 5. The van der Waals surface area contributed by atoms with E-state index < -0.39 is 6.10 Å². The van der Waals surface area contributed by atoms with Crippen molar-refractivity contribution in [3.05, 3.63) is 170 Å². The number of rotatable bonds is 47. The number of aliphatic hydroxyl groups excluding tert-OH is 1. The first kappa shape index (κ1) is 64.3. The van der Waals surface area contributed by atoms with E-state index >= 15 is 0 Å². The molecule has 0 spiro atoms. The van der Waals surface area contributed by atoms with Gasteiger partial charge in [0, 0.05) is 12.8 Å². The predicted molar refractivity (Wildman–Crippen MR) is 301 cm³/mol. The second-order valence-electron chi connectivity index (χ2n) is 17.2. The van der Waals surface area contributed by atoms with Crippen LogP contribution in [0.3, 0.4) is 0 Å². The molecule has 5 nitrogen and oxygen atoms in total. The van der Waals surface area contributed by atoms with Crippen LogP contribution >= 0.6 is 0 Å². The van der Waals surface area contributed by atoms with Crippen molar-refractivity contribution >= 4 is 11.9 Å². The highest BCUT2D eigenvalue weighted by Crippen LogP contribution is 2.11. The summed E-state index contributed by atoms with van der Waals surface area (Å²) in [6.07, 6.45) is 90.3. The molecule has 1 N–H and O–H groups in total. The number of carbonyl (C=O) groups is 2. The molecule has 0 aliphatic carbocycles. The molecule has 0 rings (SSSR count). The van der Waals surface area contributed by atoms with Gasteiger partial charge in [-0.1, -0.05) is 223 Å². The van der Waals surface area contributed by atoms with Gasteiger partial charge in [0.1, 0.15) is 6.61 Å². The van der Waals surface area contributed by atoms with Crippen molar-refractivity contribution in [3.8, 4) is 0 Å². The van der Waals surface area contributed by atoms with Crippen LogP contribution in [0.25, 0.3) is 0 Å². The summed E-state index contributed by atoms with van der Waals surface area (Å²) in [6.45, 7) is 3.94. The van der Waals surface area contributed by atoms with E-state index in [1.807, 2.05) is 0 Å². The third-order valence-corrected chi connectivity index (χ3v) is 10.7. The van der Waals surface area contributed by atoms with Crippen molar-refractivity contribution in [1.82, 2.24) is 0 Å². The number of allylic oxidation sites excluding steroid dienone is 28. The highest BCUT2D eigenvalue weighted by atomic mass is 16.6. The lowest BCUT2D eigenvalue weighted by Gasteiger charge is -2.15. The molecule has 1 atom stereocenters. The van der Waals surface area contributed by atoms with Gasteiger partial charge in [0.15, 0.2) is 6.10 Å². The van der Waals surface area contributed by atoms with E-state index in [0.29, 0.717) is 12.8 Å². The van der Waals surface area contributed by atoms with Crippen LogP contribution in [0.1, 0.15) is 200 Å². The number of carbonyl (C=O) groups excluding carboxylic acids is 2. The monoisotopic (exact) mass is 947 g/mol. The van der Waals surface area contributed by atoms with Crippen molar-refractivity contribution in [2.24, 2.45) is 0 Å². The Hall–Kier alpha value is -4.74. The molecule has 0 amide bonds. The highest BCUT2D eigenvalue weighted by Gasteiger charge is 2.16. The van der Waals surface area contributed by atoms with Gasteiger partial charge in [-0.25, -0.2) is 0 Å². The fourth-order valence-corrected chi connectivity index (χ4v) is 6.68. The molecule has 0 saturated carbocycles. The minimum atomic E-state index is -0.814. The molecular weight excluding hydrogens is 849 g/mol. The largest absolute Gasteiger partial charge is 0.462 e. The SMILES string of the molecule is CC/C=C\C/C=C\C/C=C\C/C=C\C/C=C\C/C=C\C/C=C\C/C=C\C/C=C\C/C=C\C/C=C\C/C=C\CCCCC(=O)OC(CO)COC(=O)CCCCCCC/C=C\C/C=C\CCCCCC. The zero-order valence-electron chi connectivity index (χ0n) is 43.7. The molecule has 0 aromatic rings. The van der Waals surface area contributed by atoms with Crippen LogP contribution in [-0.2, 0) is 19.1 Å². The number of unbranched alkanes of at least 4 members (excludes halogenated alkanes) is 11. The first-order chi connectivity index (χ1) is 34.1. The molecule has 1 unspecified atom stereocenters. The topological polar surface area (TPSA) is 72.8 Å². The van der Waals surface area contributed by atoms with Crippen molar-refractivity contribution in [3.63, 3.8) is 0 Å². The average Bonchev–Trinajstić information content (AvgIpc) is 3.35. The molecule has 0 aromatic carbocycles. The summed E-state index contributed by atoms with van der Waals surface area (Å²) in [5.41, 5.74) is 0. The molecule has 0 saturated heterocycles. The summed E-state index contributed by atoms with van der Waals surface area (Å²) in [4.78, 5) is 24.4. The molecule has 0 heterocycles. The molecule has 0 aliphatic rings. The maximum absolute atomic E-state index is 12.3. The summed E-state index contributed by atoms with van der Waals surface area (Å²) < 4.78 is 10.6. The Kier molecular flexibility index (Phi) is 53.6. The maximum Gasteiger partial charge on any atom is 0.306 e. The molecule has 5 heteroatoms. The number of hydrogen-bond donors (Lipinski definition) is 1. The molecule has 384 valence electrons. The van der Waals surface area contributed by atoms with Crippen LogP contribution in [0.5, 0.6) is 0 Å². The first-order valence-electron chi connectivity index (χ1n) is 27.2. The molecule has 0 fully saturated rings. The van der Waals surface area contributed by atoms with E-state index in [-0.39, 0.29) is 31.6 Å². The van der Waals surface area contributed by atoms with Crippen LogP contribution in [0, 0.1) is 0 Å². The summed E-state index contributed by atoms with van der Waals surface area (Å²) in [6, 6.07) is 0. The van der Waals surface area contributed by atoms with E-state index in [4.69, 9.17) is 9.47 Å². The van der Waals surface area contributed by atoms with Gasteiger partial charge in [0.25, 0.3) is 0 Å². The van der Waals surface area contributed by atoms with E-state index in [9.17, 15) is 14.7 Å². The molecular formula is C64H98O5. The van der Waals surface area contributed by atoms with E-state index in [0.717, 1.165) is 128 Å². The van der Waals surface area contributed by atoms with Gasteiger partial charge >= 0.3 is 11.9 Å². The van der Waals surface area contributed by atoms with E-state index in [1.54, 1.807) is 0 Å². The van der Waals surface area contributed by atoms with Crippen molar-refractivity contribution in [2.45, 2.75) is 206 Å². The number of aliphatic hydroxyl groups is 1. The van der Waals surface area contributed by atoms with Gasteiger partial charge in [0.05, 0.1) is 6.61 Å². The molecule has 0 bridgehead atoms. The third-order valence-electron chi connectivity index (χ3n) is 10.7. The quantitative estimate of drug-likeness (QED) is 0.0374. The summed E-state index contributed by atoms with van der Waals surface area (Å²) >= 11 is 0. The van der Waals surface area contributed by atoms with Crippen LogP contribution in [0.15, 0.2) is 170 Å². The van der Waals surface area contributed by atoms with Crippen LogP contribution in [0.2, 0.25) is 0 Å². The zero-order valence-corrected chi connectivity index (χ0v) is 43.7. The lowest BCUT2D eigenvalue weighted by atomic mass is 10.1. The van der Waals surface area contributed by atoms with Gasteiger partial charge in [-0.05, 0) is 135 Å². The molecule has 0 aromatic heterocycles. The second-order valence-corrected chi connectivity index (χ2v) is 17.2. The van der Waals surface area contributed by atoms with Crippen molar-refractivity contribution in [1.29, 1.82) is 0 Å². The van der Waals surface area contributed by atoms with Gasteiger partial charge in [-0.2, -0.15) is 0 Å². The smallest absolute Gasteiger partial charge is 0.306 e. The van der Waals surface area contributed by atoms with E-state index in [1.165, 1.54) is 38.5 Å². The normalized spacial score (nSPS) is 13.6. The first-order valence-corrected chi connectivity index (χ1v) is 27.2. The fraction of sp³-hybridized carbons (Fsp3) is 0.531. The second kappa shape index (κ2) is 57.6. The van der Waals surface area contributed by atoms with Crippen molar-refractivity contribution < 1.29 is 24.2 Å². The van der Waals surface area contributed by atoms with E-state index in [2.05, 4.69) is 184 Å². The Morgan fingerprint density at radius 1 is 0.348 bits per heavy atom. The number of ether oxygens (including phenoxy) is 2. The lowest BCUT2D eigenvalue weighted by molar-refractivity contribution is -0.161. The van der Waals surface area contributed by atoms with Crippen LogP contribution in [-0.4, -0.2) is 36.4 Å². The predicted octanol–water partition coefficient (Wildman–Crippen LogP) is 18.6.